The fourth-order valence-corrected chi connectivity index (χ4v) is 4.27. The number of hydrogen-bond acceptors (Lipinski definition) is 5. The van der Waals surface area contributed by atoms with Gasteiger partial charge in [-0.05, 0) is 73.2 Å². The van der Waals surface area contributed by atoms with E-state index in [4.69, 9.17) is 0 Å². The summed E-state index contributed by atoms with van der Waals surface area (Å²) in [5, 5.41) is 13.7. The molecule has 7 heteroatoms. The molecule has 2 aromatic carbocycles. The molecule has 172 valence electrons. The lowest BCUT2D eigenvalue weighted by molar-refractivity contribution is 0.153. The molecule has 0 amide bonds. The Morgan fingerprint density at radius 3 is 2.52 bits per heavy atom. The normalized spacial score (nSPS) is 13.0. The summed E-state index contributed by atoms with van der Waals surface area (Å²) in [4.78, 5) is 18.4. The summed E-state index contributed by atoms with van der Waals surface area (Å²) in [6.07, 6.45) is 0.813. The van der Waals surface area contributed by atoms with Gasteiger partial charge in [0.2, 0.25) is 0 Å². The number of aromatic amines is 1. The molecule has 0 spiro atoms. The summed E-state index contributed by atoms with van der Waals surface area (Å²) in [6.45, 7) is 11.6. The summed E-state index contributed by atoms with van der Waals surface area (Å²) in [7, 11) is 0. The highest BCUT2D eigenvalue weighted by Crippen LogP contribution is 2.29. The third-order valence-corrected chi connectivity index (χ3v) is 5.93. The number of fused-ring (bicyclic) bond motifs is 1. The van der Waals surface area contributed by atoms with E-state index in [2.05, 4.69) is 77.4 Å². The van der Waals surface area contributed by atoms with Crippen LogP contribution in [0.15, 0.2) is 59.4 Å². The summed E-state index contributed by atoms with van der Waals surface area (Å²) in [5.41, 5.74) is 3.59. The Balaban J connectivity index is 1.76. The smallest absolute Gasteiger partial charge is 0.252 e. The van der Waals surface area contributed by atoms with E-state index in [0.29, 0.717) is 13.1 Å². The molecule has 2 heterocycles. The molecule has 0 bridgehead atoms. The molecule has 0 aliphatic carbocycles. The van der Waals surface area contributed by atoms with Crippen LogP contribution in [0.5, 0.6) is 0 Å². The van der Waals surface area contributed by atoms with Crippen molar-refractivity contribution in [2.75, 3.05) is 0 Å². The predicted molar refractivity (Wildman–Crippen MR) is 131 cm³/mol. The Bertz CT molecular complexity index is 1290. The van der Waals surface area contributed by atoms with Gasteiger partial charge in [0.05, 0.1) is 11.6 Å². The molecule has 1 unspecified atom stereocenters. The molecule has 4 aromatic rings. The zero-order chi connectivity index (χ0) is 23.6. The van der Waals surface area contributed by atoms with Gasteiger partial charge in [0, 0.05) is 24.2 Å². The highest BCUT2D eigenvalue weighted by atomic mass is 16.1. The van der Waals surface area contributed by atoms with Gasteiger partial charge in [-0.2, -0.15) is 0 Å². The van der Waals surface area contributed by atoms with Crippen molar-refractivity contribution in [1.82, 2.24) is 30.1 Å². The first-order chi connectivity index (χ1) is 15.8. The van der Waals surface area contributed by atoms with Gasteiger partial charge in [0.1, 0.15) is 0 Å². The minimum absolute atomic E-state index is 0.0486. The molecular weight excluding hydrogens is 412 g/mol. The van der Waals surface area contributed by atoms with Gasteiger partial charge in [-0.1, -0.05) is 49.4 Å². The first-order valence-corrected chi connectivity index (χ1v) is 11.5. The number of pyridine rings is 1. The molecule has 4 rings (SSSR count). The highest BCUT2D eigenvalue weighted by molar-refractivity contribution is 5.79. The number of rotatable bonds is 7. The highest BCUT2D eigenvalue weighted by Gasteiger charge is 2.29. The van der Waals surface area contributed by atoms with Crippen LogP contribution < -0.4 is 5.56 Å². The second-order valence-electron chi connectivity index (χ2n) is 9.65. The average molecular weight is 445 g/mol. The number of nitrogens with one attached hydrogen (secondary N) is 1. The van der Waals surface area contributed by atoms with E-state index in [0.717, 1.165) is 34.3 Å². The number of aromatic nitrogens is 5. The maximum Gasteiger partial charge on any atom is 0.252 e. The molecule has 0 aliphatic heterocycles. The molecule has 1 N–H and O–H groups in total. The number of nitrogens with zero attached hydrogens (tertiary/aromatic N) is 5. The number of aryl methyl sites for hydroxylation is 1. The maximum absolute atomic E-state index is 13.0. The van der Waals surface area contributed by atoms with Gasteiger partial charge < -0.3 is 4.98 Å². The lowest BCUT2D eigenvalue weighted by Crippen LogP contribution is -2.35. The van der Waals surface area contributed by atoms with Crippen LogP contribution in [0.25, 0.3) is 10.9 Å². The van der Waals surface area contributed by atoms with Crippen LogP contribution in [0.3, 0.4) is 0 Å². The molecule has 1 atom stereocenters. The maximum atomic E-state index is 13.0. The molecule has 2 aromatic heterocycles. The van der Waals surface area contributed by atoms with E-state index in [1.165, 1.54) is 5.56 Å². The lowest BCUT2D eigenvalue weighted by atomic mass is 10.0. The van der Waals surface area contributed by atoms with Crippen LogP contribution in [0.2, 0.25) is 0 Å². The minimum Gasteiger partial charge on any atom is -0.322 e. The molecule has 0 saturated heterocycles. The predicted octanol–water partition coefficient (Wildman–Crippen LogP) is 4.73. The number of tetrazole rings is 1. The second-order valence-corrected chi connectivity index (χ2v) is 9.65. The Morgan fingerprint density at radius 1 is 1.06 bits per heavy atom. The Kier molecular flexibility index (Phi) is 6.42. The number of benzene rings is 2. The van der Waals surface area contributed by atoms with Crippen molar-refractivity contribution in [2.24, 2.45) is 0 Å². The van der Waals surface area contributed by atoms with Crippen molar-refractivity contribution in [2.45, 2.75) is 65.7 Å². The van der Waals surface area contributed by atoms with Crippen LogP contribution in [-0.4, -0.2) is 30.1 Å². The standard InChI is InChI=1S/C26H32N6O/c1-6-23(24-28-29-30-32(24)26(3,4)5)31(16-19-10-8-7-9-11-19)17-21-15-20-13-12-18(2)14-22(20)27-25(21)33/h7-15,23H,6,16-17H2,1-5H3,(H,27,33). The van der Waals surface area contributed by atoms with E-state index >= 15 is 0 Å². The topological polar surface area (TPSA) is 79.7 Å². The zero-order valence-electron chi connectivity index (χ0n) is 20.0. The number of H-pyrrole nitrogens is 1. The molecule has 0 fully saturated rings. The van der Waals surface area contributed by atoms with Crippen LogP contribution >= 0.6 is 0 Å². The SMILES string of the molecule is CCC(c1nnnn1C(C)(C)C)N(Cc1ccccc1)Cc1cc2ccc(C)cc2[nH]c1=O. The van der Waals surface area contributed by atoms with Crippen molar-refractivity contribution in [1.29, 1.82) is 0 Å². The lowest BCUT2D eigenvalue weighted by Gasteiger charge is -2.32. The van der Waals surface area contributed by atoms with Crippen molar-refractivity contribution in [3.05, 3.63) is 87.5 Å². The van der Waals surface area contributed by atoms with Crippen LogP contribution in [-0.2, 0) is 18.6 Å². The average Bonchev–Trinajstić information content (AvgIpc) is 3.26. The Hall–Kier alpha value is -3.32. The van der Waals surface area contributed by atoms with Crippen LogP contribution in [0.4, 0.5) is 0 Å². The third-order valence-electron chi connectivity index (χ3n) is 5.93. The fourth-order valence-electron chi connectivity index (χ4n) is 4.27. The monoisotopic (exact) mass is 444 g/mol. The second kappa shape index (κ2) is 9.27. The van der Waals surface area contributed by atoms with Gasteiger partial charge in [0.25, 0.3) is 5.56 Å². The van der Waals surface area contributed by atoms with E-state index in [9.17, 15) is 4.79 Å². The first kappa shape index (κ1) is 22.9. The van der Waals surface area contributed by atoms with E-state index in [-0.39, 0.29) is 17.1 Å². The van der Waals surface area contributed by atoms with Crippen LogP contribution in [0, 0.1) is 6.92 Å². The molecular formula is C26H32N6O. The van der Waals surface area contributed by atoms with E-state index in [1.807, 2.05) is 41.9 Å². The molecule has 0 radical (unpaired) electrons. The van der Waals surface area contributed by atoms with Crippen molar-refractivity contribution >= 4 is 10.9 Å². The summed E-state index contributed by atoms with van der Waals surface area (Å²) < 4.78 is 1.90. The van der Waals surface area contributed by atoms with Gasteiger partial charge >= 0.3 is 0 Å². The van der Waals surface area contributed by atoms with Crippen molar-refractivity contribution < 1.29 is 0 Å². The fraction of sp³-hybridized carbons (Fsp3) is 0.385. The molecule has 0 saturated carbocycles. The van der Waals surface area contributed by atoms with E-state index < -0.39 is 0 Å². The van der Waals surface area contributed by atoms with Gasteiger partial charge in [-0.3, -0.25) is 9.69 Å². The number of hydrogen-bond donors (Lipinski definition) is 1. The zero-order valence-corrected chi connectivity index (χ0v) is 20.0. The summed E-state index contributed by atoms with van der Waals surface area (Å²) in [5.74, 6) is 0.814. The largest absolute Gasteiger partial charge is 0.322 e. The quantitative estimate of drug-likeness (QED) is 0.446. The van der Waals surface area contributed by atoms with Crippen molar-refractivity contribution in [3.8, 4) is 0 Å². The van der Waals surface area contributed by atoms with Gasteiger partial charge in [-0.25, -0.2) is 4.68 Å². The third kappa shape index (κ3) is 5.03. The van der Waals surface area contributed by atoms with Gasteiger partial charge in [0.15, 0.2) is 5.82 Å². The molecule has 0 aliphatic rings. The summed E-state index contributed by atoms with van der Waals surface area (Å²) >= 11 is 0. The Morgan fingerprint density at radius 2 is 1.82 bits per heavy atom. The van der Waals surface area contributed by atoms with Crippen LogP contribution in [0.1, 0.15) is 62.7 Å². The summed E-state index contributed by atoms with van der Waals surface area (Å²) in [6, 6.07) is 18.4. The van der Waals surface area contributed by atoms with E-state index in [1.54, 1.807) is 0 Å². The minimum atomic E-state index is -0.247. The Labute approximate surface area is 194 Å². The van der Waals surface area contributed by atoms with Gasteiger partial charge in [-0.15, -0.1) is 5.10 Å². The first-order valence-electron chi connectivity index (χ1n) is 11.5. The molecule has 7 nitrogen and oxygen atoms in total. The van der Waals surface area contributed by atoms with Crippen molar-refractivity contribution in [3.63, 3.8) is 0 Å². The molecule has 33 heavy (non-hydrogen) atoms.